The zero-order valence-electron chi connectivity index (χ0n) is 9.51. The van der Waals surface area contributed by atoms with Crippen LogP contribution in [0, 0.1) is 6.92 Å². The Kier molecular flexibility index (Phi) is 4.05. The highest BCUT2D eigenvalue weighted by Crippen LogP contribution is 2.37. The SMILES string of the molecule is Cc1cc(N)ccc1Oc1cc(Cl)c(Br)cc1Cl. The topological polar surface area (TPSA) is 35.2 Å². The summed E-state index contributed by atoms with van der Waals surface area (Å²) in [7, 11) is 0. The molecule has 2 nitrogen and oxygen atoms in total. The molecule has 0 fully saturated rings. The summed E-state index contributed by atoms with van der Waals surface area (Å²) in [6.07, 6.45) is 0. The molecule has 94 valence electrons. The number of halogens is 3. The zero-order valence-corrected chi connectivity index (χ0v) is 12.6. The Hall–Kier alpha value is -0.900. The molecule has 0 heterocycles. The van der Waals surface area contributed by atoms with Gasteiger partial charge in [-0.15, -0.1) is 0 Å². The number of aryl methyl sites for hydroxylation is 1. The number of nitrogen functional groups attached to an aromatic ring is 1. The van der Waals surface area contributed by atoms with Crippen molar-refractivity contribution in [3.05, 3.63) is 50.4 Å². The van der Waals surface area contributed by atoms with Gasteiger partial charge in [-0.2, -0.15) is 0 Å². The molecule has 2 aromatic rings. The first-order valence-electron chi connectivity index (χ1n) is 5.16. The minimum absolute atomic E-state index is 0.488. The molecule has 2 N–H and O–H groups in total. The van der Waals surface area contributed by atoms with Crippen LogP contribution in [0.2, 0.25) is 10.0 Å². The number of anilines is 1. The van der Waals surface area contributed by atoms with Crippen molar-refractivity contribution < 1.29 is 4.74 Å². The van der Waals surface area contributed by atoms with Gasteiger partial charge in [0.05, 0.1) is 10.0 Å². The van der Waals surface area contributed by atoms with E-state index in [1.807, 2.05) is 13.0 Å². The molecule has 0 aromatic heterocycles. The quantitative estimate of drug-likeness (QED) is 0.580. The summed E-state index contributed by atoms with van der Waals surface area (Å²) in [5, 5.41) is 1.03. The Bertz CT molecular complexity index is 602. The average molecular weight is 347 g/mol. The van der Waals surface area contributed by atoms with Crippen LogP contribution in [0.1, 0.15) is 5.56 Å². The van der Waals surface area contributed by atoms with Crippen LogP contribution in [-0.2, 0) is 0 Å². The molecule has 0 radical (unpaired) electrons. The molecule has 0 spiro atoms. The van der Waals surface area contributed by atoms with Crippen LogP contribution in [0.25, 0.3) is 0 Å². The van der Waals surface area contributed by atoms with Gasteiger partial charge < -0.3 is 10.5 Å². The first kappa shape index (κ1) is 13.5. The first-order chi connectivity index (χ1) is 8.47. The number of nitrogens with two attached hydrogens (primary N) is 1. The first-order valence-corrected chi connectivity index (χ1v) is 6.71. The van der Waals surface area contributed by atoms with E-state index in [0.717, 1.165) is 10.0 Å². The minimum atomic E-state index is 0.488. The molecule has 0 aliphatic heterocycles. The fraction of sp³-hybridized carbons (Fsp3) is 0.0769. The lowest BCUT2D eigenvalue weighted by molar-refractivity contribution is 0.479. The minimum Gasteiger partial charge on any atom is -0.455 e. The van der Waals surface area contributed by atoms with Crippen LogP contribution >= 0.6 is 39.1 Å². The summed E-state index contributed by atoms with van der Waals surface area (Å²) >= 11 is 15.4. The molecule has 0 bridgehead atoms. The fourth-order valence-corrected chi connectivity index (χ4v) is 2.32. The highest BCUT2D eigenvalue weighted by molar-refractivity contribution is 9.10. The predicted octanol–water partition coefficient (Wildman–Crippen LogP) is 5.44. The molecule has 0 aliphatic rings. The molecule has 0 atom stereocenters. The van der Waals surface area contributed by atoms with Crippen LogP contribution in [-0.4, -0.2) is 0 Å². The summed E-state index contributed by atoms with van der Waals surface area (Å²) in [6, 6.07) is 8.78. The van der Waals surface area contributed by atoms with Gasteiger partial charge in [0, 0.05) is 16.2 Å². The summed E-state index contributed by atoms with van der Waals surface area (Å²) in [5.74, 6) is 1.21. The molecule has 0 amide bonds. The Morgan fingerprint density at radius 1 is 1.06 bits per heavy atom. The molecule has 0 saturated heterocycles. The van der Waals surface area contributed by atoms with E-state index in [9.17, 15) is 0 Å². The maximum absolute atomic E-state index is 6.10. The van der Waals surface area contributed by atoms with E-state index >= 15 is 0 Å². The molecule has 18 heavy (non-hydrogen) atoms. The van der Waals surface area contributed by atoms with Gasteiger partial charge >= 0.3 is 0 Å². The van der Waals surface area contributed by atoms with Crippen LogP contribution in [0.15, 0.2) is 34.8 Å². The molecular weight excluding hydrogens is 337 g/mol. The van der Waals surface area contributed by atoms with Crippen molar-refractivity contribution >= 4 is 44.8 Å². The van der Waals surface area contributed by atoms with Crippen LogP contribution < -0.4 is 10.5 Å². The van der Waals surface area contributed by atoms with Gasteiger partial charge in [0.2, 0.25) is 0 Å². The van der Waals surface area contributed by atoms with Crippen molar-refractivity contribution in [2.75, 3.05) is 5.73 Å². The van der Waals surface area contributed by atoms with Crippen molar-refractivity contribution in [2.24, 2.45) is 0 Å². The summed E-state index contributed by atoms with van der Waals surface area (Å²) in [6.45, 7) is 1.92. The van der Waals surface area contributed by atoms with E-state index in [2.05, 4.69) is 15.9 Å². The van der Waals surface area contributed by atoms with Gasteiger partial charge in [0.25, 0.3) is 0 Å². The zero-order chi connectivity index (χ0) is 13.3. The van der Waals surface area contributed by atoms with Crippen molar-refractivity contribution in [3.8, 4) is 11.5 Å². The Labute approximate surface area is 124 Å². The van der Waals surface area contributed by atoms with Gasteiger partial charge in [-0.25, -0.2) is 0 Å². The lowest BCUT2D eigenvalue weighted by atomic mass is 10.2. The van der Waals surface area contributed by atoms with E-state index in [-0.39, 0.29) is 0 Å². The highest BCUT2D eigenvalue weighted by atomic mass is 79.9. The van der Waals surface area contributed by atoms with E-state index in [1.165, 1.54) is 0 Å². The summed E-state index contributed by atoms with van der Waals surface area (Å²) < 4.78 is 6.47. The van der Waals surface area contributed by atoms with E-state index in [1.54, 1.807) is 24.3 Å². The van der Waals surface area contributed by atoms with Crippen molar-refractivity contribution in [1.29, 1.82) is 0 Å². The van der Waals surface area contributed by atoms with Crippen LogP contribution in [0.4, 0.5) is 5.69 Å². The Morgan fingerprint density at radius 2 is 1.78 bits per heavy atom. The molecule has 5 heteroatoms. The van der Waals surface area contributed by atoms with Crippen LogP contribution in [0.3, 0.4) is 0 Å². The number of hydrogen-bond acceptors (Lipinski definition) is 2. The fourth-order valence-electron chi connectivity index (χ4n) is 1.49. The molecule has 0 unspecified atom stereocenters. The Balaban J connectivity index is 2.37. The van der Waals surface area contributed by atoms with Gasteiger partial charge in [-0.1, -0.05) is 23.2 Å². The lowest BCUT2D eigenvalue weighted by Gasteiger charge is -2.11. The van der Waals surface area contributed by atoms with Gasteiger partial charge in [-0.3, -0.25) is 0 Å². The summed E-state index contributed by atoms with van der Waals surface area (Å²) in [4.78, 5) is 0. The van der Waals surface area contributed by atoms with Crippen molar-refractivity contribution in [2.45, 2.75) is 6.92 Å². The van der Waals surface area contributed by atoms with Gasteiger partial charge in [0.1, 0.15) is 11.5 Å². The average Bonchev–Trinajstić information content (AvgIpc) is 2.29. The monoisotopic (exact) mass is 345 g/mol. The number of hydrogen-bond donors (Lipinski definition) is 1. The predicted molar refractivity (Wildman–Crippen MR) is 79.8 cm³/mol. The highest BCUT2D eigenvalue weighted by Gasteiger charge is 2.09. The molecule has 0 aliphatic carbocycles. The second kappa shape index (κ2) is 5.39. The maximum atomic E-state index is 6.10. The standard InChI is InChI=1S/C13H10BrCl2NO/c1-7-4-8(17)2-3-12(7)18-13-6-10(15)9(14)5-11(13)16/h2-6H,17H2,1H3. The van der Waals surface area contributed by atoms with E-state index < -0.39 is 0 Å². The largest absolute Gasteiger partial charge is 0.455 e. The van der Waals surface area contributed by atoms with Crippen LogP contribution in [0.5, 0.6) is 11.5 Å². The van der Waals surface area contributed by atoms with E-state index in [0.29, 0.717) is 27.2 Å². The second-order valence-electron chi connectivity index (χ2n) is 3.82. The van der Waals surface area contributed by atoms with Crippen molar-refractivity contribution in [3.63, 3.8) is 0 Å². The third-order valence-corrected chi connectivity index (χ3v) is 3.89. The normalized spacial score (nSPS) is 10.4. The van der Waals surface area contributed by atoms with Gasteiger partial charge in [-0.05, 0) is 52.7 Å². The Morgan fingerprint density at radius 3 is 2.44 bits per heavy atom. The molecule has 0 saturated carbocycles. The molecule has 2 aromatic carbocycles. The second-order valence-corrected chi connectivity index (χ2v) is 5.49. The molecule has 2 rings (SSSR count). The lowest BCUT2D eigenvalue weighted by Crippen LogP contribution is -1.91. The smallest absolute Gasteiger partial charge is 0.147 e. The summed E-state index contributed by atoms with van der Waals surface area (Å²) in [5.41, 5.74) is 7.32. The number of rotatable bonds is 2. The maximum Gasteiger partial charge on any atom is 0.147 e. The molecular formula is C13H10BrCl2NO. The third-order valence-electron chi connectivity index (χ3n) is 2.39. The number of benzene rings is 2. The van der Waals surface area contributed by atoms with E-state index in [4.69, 9.17) is 33.7 Å². The third kappa shape index (κ3) is 2.91. The number of ether oxygens (including phenoxy) is 1. The van der Waals surface area contributed by atoms with Gasteiger partial charge in [0.15, 0.2) is 0 Å². The van der Waals surface area contributed by atoms with Crippen molar-refractivity contribution in [1.82, 2.24) is 0 Å².